The Morgan fingerprint density at radius 2 is 2.00 bits per heavy atom. The van der Waals surface area contributed by atoms with E-state index in [1.54, 1.807) is 4.90 Å². The fraction of sp³-hybridized carbons (Fsp3) is 0.562. The van der Waals surface area contributed by atoms with Crippen LogP contribution in [-0.2, 0) is 11.2 Å². The molecule has 1 aliphatic rings. The predicted octanol–water partition coefficient (Wildman–Crippen LogP) is 2.86. The summed E-state index contributed by atoms with van der Waals surface area (Å²) >= 11 is 0. The molecule has 1 atom stereocenters. The molecule has 21 heavy (non-hydrogen) atoms. The third-order valence-corrected chi connectivity index (χ3v) is 3.23. The number of hydrogen-bond acceptors (Lipinski definition) is 3. The predicted molar refractivity (Wildman–Crippen MR) is 87.0 cm³/mol. The van der Waals surface area contributed by atoms with Crippen molar-refractivity contribution in [1.29, 1.82) is 0 Å². The summed E-state index contributed by atoms with van der Waals surface area (Å²) < 4.78 is 5.43. The van der Waals surface area contributed by atoms with Gasteiger partial charge in [0.15, 0.2) is 0 Å². The van der Waals surface area contributed by atoms with Crippen LogP contribution in [0.4, 0.5) is 4.79 Å². The van der Waals surface area contributed by atoms with Crippen molar-refractivity contribution in [3.8, 4) is 0 Å². The second kappa shape index (κ2) is 7.66. The van der Waals surface area contributed by atoms with E-state index in [9.17, 15) is 4.79 Å². The Labute approximate surface area is 133 Å². The van der Waals surface area contributed by atoms with Crippen LogP contribution < -0.4 is 5.32 Å². The fourth-order valence-electron chi connectivity index (χ4n) is 2.35. The number of carbonyl (C=O) groups is 1. The van der Waals surface area contributed by atoms with Crippen LogP contribution in [0.15, 0.2) is 30.3 Å². The maximum absolute atomic E-state index is 12.1. The van der Waals surface area contributed by atoms with Crippen molar-refractivity contribution in [2.75, 3.05) is 19.6 Å². The van der Waals surface area contributed by atoms with Gasteiger partial charge in [-0.2, -0.15) is 0 Å². The molecule has 4 nitrogen and oxygen atoms in total. The standard InChI is InChI=1S/C16H24N2O2.ClH/c1-16(2,3)20-15(19)18-10-9-17-14(12-18)11-13-7-5-4-6-8-13;/h4-8,14,17H,9-12H2,1-3H3;1H. The lowest BCUT2D eigenvalue weighted by atomic mass is 10.0. The number of halogens is 1. The van der Waals surface area contributed by atoms with Crippen LogP contribution in [0, 0.1) is 0 Å². The molecule has 1 unspecified atom stereocenters. The Bertz CT molecular complexity index is 445. The molecule has 1 aromatic rings. The Hall–Kier alpha value is -1.26. The molecule has 1 heterocycles. The van der Waals surface area contributed by atoms with Crippen LogP contribution in [0.25, 0.3) is 0 Å². The van der Waals surface area contributed by atoms with Crippen LogP contribution in [0.2, 0.25) is 0 Å². The van der Waals surface area contributed by atoms with E-state index in [4.69, 9.17) is 4.74 Å². The van der Waals surface area contributed by atoms with E-state index in [1.807, 2.05) is 39.0 Å². The Morgan fingerprint density at radius 1 is 1.33 bits per heavy atom. The number of nitrogens with one attached hydrogen (secondary N) is 1. The van der Waals surface area contributed by atoms with Crippen LogP contribution >= 0.6 is 12.4 Å². The minimum absolute atomic E-state index is 0. The van der Waals surface area contributed by atoms with Crippen molar-refractivity contribution >= 4 is 18.5 Å². The van der Waals surface area contributed by atoms with E-state index in [1.165, 1.54) is 5.56 Å². The third kappa shape index (κ3) is 5.94. The van der Waals surface area contributed by atoms with Crippen LogP contribution in [0.1, 0.15) is 26.3 Å². The largest absolute Gasteiger partial charge is 0.444 e. The summed E-state index contributed by atoms with van der Waals surface area (Å²) in [6, 6.07) is 10.6. The van der Waals surface area contributed by atoms with Crippen molar-refractivity contribution in [3.05, 3.63) is 35.9 Å². The lowest BCUT2D eigenvalue weighted by Crippen LogP contribution is -2.54. The zero-order valence-corrected chi connectivity index (χ0v) is 13.8. The number of nitrogens with zero attached hydrogens (tertiary/aromatic N) is 1. The molecule has 0 saturated carbocycles. The number of carbonyl (C=O) groups excluding carboxylic acids is 1. The van der Waals surface area contributed by atoms with Gasteiger partial charge < -0.3 is 15.0 Å². The molecule has 1 amide bonds. The van der Waals surface area contributed by atoms with Gasteiger partial charge in [0.2, 0.25) is 0 Å². The number of ether oxygens (including phenoxy) is 1. The average molecular weight is 313 g/mol. The van der Waals surface area contributed by atoms with Crippen molar-refractivity contribution in [1.82, 2.24) is 10.2 Å². The molecule has 2 rings (SSSR count). The zero-order valence-electron chi connectivity index (χ0n) is 13.0. The average Bonchev–Trinajstić information content (AvgIpc) is 2.38. The molecule has 0 aromatic heterocycles. The maximum atomic E-state index is 12.1. The van der Waals surface area contributed by atoms with Crippen LogP contribution in [-0.4, -0.2) is 42.3 Å². The number of benzene rings is 1. The van der Waals surface area contributed by atoms with Gasteiger partial charge in [-0.1, -0.05) is 30.3 Å². The Kier molecular flexibility index (Phi) is 6.49. The van der Waals surface area contributed by atoms with Gasteiger partial charge >= 0.3 is 6.09 Å². The monoisotopic (exact) mass is 312 g/mol. The quantitative estimate of drug-likeness (QED) is 0.913. The molecule has 5 heteroatoms. The van der Waals surface area contributed by atoms with Crippen LogP contribution in [0.5, 0.6) is 0 Å². The molecule has 0 bridgehead atoms. The summed E-state index contributed by atoms with van der Waals surface area (Å²) in [5.74, 6) is 0. The molecule has 1 N–H and O–H groups in total. The summed E-state index contributed by atoms with van der Waals surface area (Å²) in [7, 11) is 0. The second-order valence-electron chi connectivity index (χ2n) is 6.27. The summed E-state index contributed by atoms with van der Waals surface area (Å²) in [6.45, 7) is 7.92. The van der Waals surface area contributed by atoms with E-state index in [0.29, 0.717) is 19.1 Å². The lowest BCUT2D eigenvalue weighted by molar-refractivity contribution is 0.0195. The second-order valence-corrected chi connectivity index (χ2v) is 6.27. The molecule has 1 saturated heterocycles. The number of rotatable bonds is 2. The van der Waals surface area contributed by atoms with Gasteiger partial charge in [0.25, 0.3) is 0 Å². The highest BCUT2D eigenvalue weighted by Gasteiger charge is 2.27. The highest BCUT2D eigenvalue weighted by atomic mass is 35.5. The zero-order chi connectivity index (χ0) is 14.6. The van der Waals surface area contributed by atoms with Gasteiger partial charge in [0.05, 0.1) is 0 Å². The first-order valence-corrected chi connectivity index (χ1v) is 7.19. The smallest absolute Gasteiger partial charge is 0.410 e. The SMILES string of the molecule is CC(C)(C)OC(=O)N1CCNC(Cc2ccccc2)C1.Cl. The van der Waals surface area contributed by atoms with Crippen molar-refractivity contribution in [2.45, 2.75) is 38.8 Å². The van der Waals surface area contributed by atoms with E-state index in [2.05, 4.69) is 17.4 Å². The van der Waals surface area contributed by atoms with E-state index in [0.717, 1.165) is 13.0 Å². The first-order chi connectivity index (χ1) is 9.44. The van der Waals surface area contributed by atoms with E-state index in [-0.39, 0.29) is 18.5 Å². The first kappa shape index (κ1) is 17.8. The molecule has 1 aliphatic heterocycles. The van der Waals surface area contributed by atoms with Gasteiger partial charge in [-0.15, -0.1) is 12.4 Å². The molecule has 0 radical (unpaired) electrons. The Morgan fingerprint density at radius 3 is 2.62 bits per heavy atom. The summed E-state index contributed by atoms with van der Waals surface area (Å²) in [4.78, 5) is 13.9. The molecule has 118 valence electrons. The minimum atomic E-state index is -0.434. The molecule has 1 fully saturated rings. The van der Waals surface area contributed by atoms with E-state index < -0.39 is 5.60 Å². The topological polar surface area (TPSA) is 41.6 Å². The number of hydrogen-bond donors (Lipinski definition) is 1. The minimum Gasteiger partial charge on any atom is -0.444 e. The first-order valence-electron chi connectivity index (χ1n) is 7.19. The summed E-state index contributed by atoms with van der Waals surface area (Å²) in [5, 5.41) is 3.47. The highest BCUT2D eigenvalue weighted by molar-refractivity contribution is 5.85. The van der Waals surface area contributed by atoms with Crippen molar-refractivity contribution in [3.63, 3.8) is 0 Å². The molecule has 0 spiro atoms. The lowest BCUT2D eigenvalue weighted by Gasteiger charge is -2.35. The van der Waals surface area contributed by atoms with Crippen molar-refractivity contribution in [2.24, 2.45) is 0 Å². The summed E-state index contributed by atoms with van der Waals surface area (Å²) in [5.41, 5.74) is 0.854. The molecular weight excluding hydrogens is 288 g/mol. The molecule has 1 aromatic carbocycles. The van der Waals surface area contributed by atoms with Gasteiger partial charge in [0, 0.05) is 25.7 Å². The maximum Gasteiger partial charge on any atom is 0.410 e. The number of amides is 1. The fourth-order valence-corrected chi connectivity index (χ4v) is 2.35. The molecule has 0 aliphatic carbocycles. The Balaban J connectivity index is 0.00000220. The van der Waals surface area contributed by atoms with Crippen LogP contribution in [0.3, 0.4) is 0 Å². The van der Waals surface area contributed by atoms with Gasteiger partial charge in [-0.3, -0.25) is 0 Å². The normalized spacial score (nSPS) is 18.8. The van der Waals surface area contributed by atoms with Crippen molar-refractivity contribution < 1.29 is 9.53 Å². The van der Waals surface area contributed by atoms with Gasteiger partial charge in [-0.25, -0.2) is 4.79 Å². The summed E-state index contributed by atoms with van der Waals surface area (Å²) in [6.07, 6.45) is 0.720. The van der Waals surface area contributed by atoms with Gasteiger partial charge in [-0.05, 0) is 32.8 Å². The van der Waals surface area contributed by atoms with E-state index >= 15 is 0 Å². The molecular formula is C16H25ClN2O2. The number of piperazine rings is 1. The highest BCUT2D eigenvalue weighted by Crippen LogP contribution is 2.13. The third-order valence-electron chi connectivity index (χ3n) is 3.23. The van der Waals surface area contributed by atoms with Gasteiger partial charge in [0.1, 0.15) is 5.60 Å².